The number of nitrogens with zero attached hydrogens (tertiary/aromatic N) is 1. The van der Waals surface area contributed by atoms with Gasteiger partial charge in [-0.1, -0.05) is 52.3 Å². The number of fused-ring (bicyclic) bond motifs is 5. The van der Waals surface area contributed by atoms with Gasteiger partial charge in [-0.15, -0.1) is 0 Å². The van der Waals surface area contributed by atoms with Crippen LogP contribution >= 0.6 is 15.9 Å². The van der Waals surface area contributed by atoms with Gasteiger partial charge in [-0.25, -0.2) is 0 Å². The second-order valence-corrected chi connectivity index (χ2v) is 6.64. The molecule has 0 saturated heterocycles. The fourth-order valence-electron chi connectivity index (χ4n) is 3.44. The van der Waals surface area contributed by atoms with Crippen LogP contribution < -0.4 is 0 Å². The highest BCUT2D eigenvalue weighted by molar-refractivity contribution is 9.10. The number of hydrogen-bond acceptors (Lipinski definition) is 0. The summed E-state index contributed by atoms with van der Waals surface area (Å²) in [5.41, 5.74) is 4.70. The fourth-order valence-corrected chi connectivity index (χ4v) is 3.80. The molecule has 0 aliphatic rings. The van der Waals surface area contributed by atoms with E-state index in [1.165, 1.54) is 27.4 Å². The molecule has 110 valence electrons. The molecule has 0 radical (unpaired) electrons. The average molecular weight is 361 g/mol. The Labute approximate surface area is 141 Å². The van der Waals surface area contributed by atoms with Gasteiger partial charge in [-0.3, -0.25) is 4.57 Å². The van der Waals surface area contributed by atoms with Gasteiger partial charge >= 0.3 is 0 Å². The molecule has 0 unspecified atom stereocenters. The maximum absolute atomic E-state index is 3.60. The molecule has 3 aromatic carbocycles. The van der Waals surface area contributed by atoms with Crippen LogP contribution in [0.1, 0.15) is 0 Å². The van der Waals surface area contributed by atoms with E-state index in [0.717, 1.165) is 15.6 Å². The van der Waals surface area contributed by atoms with Crippen LogP contribution in [0.4, 0.5) is 0 Å². The van der Waals surface area contributed by atoms with Crippen molar-refractivity contribution in [3.63, 3.8) is 0 Å². The zero-order valence-corrected chi connectivity index (χ0v) is 13.8. The van der Waals surface area contributed by atoms with Crippen molar-refractivity contribution >= 4 is 48.8 Å². The normalized spacial score (nSPS) is 11.7. The van der Waals surface area contributed by atoms with E-state index < -0.39 is 0 Å². The smallest absolute Gasteiger partial charge is 0.124 e. The molecule has 0 aliphatic heterocycles. The fraction of sp³-hybridized carbons (Fsp3) is 0. The summed E-state index contributed by atoms with van der Waals surface area (Å²) in [4.78, 5) is 3.60. The van der Waals surface area contributed by atoms with Crippen LogP contribution in [-0.4, -0.2) is 9.55 Å². The molecule has 2 nitrogen and oxygen atoms in total. The molecule has 23 heavy (non-hydrogen) atoms. The summed E-state index contributed by atoms with van der Waals surface area (Å²) in [5.74, 6) is 0. The number of hydrogen-bond donors (Lipinski definition) is 1. The standard InChI is InChI=1S/C20H13BrN2/c21-13-10-11-17-16(12-13)19-15-8-4-5-9-18(15)23(20(19)22-17)14-6-2-1-3-7-14/h1-12,22H. The van der Waals surface area contributed by atoms with Gasteiger partial charge in [-0.05, 0) is 36.4 Å². The lowest BCUT2D eigenvalue weighted by atomic mass is 10.1. The van der Waals surface area contributed by atoms with Crippen molar-refractivity contribution in [2.24, 2.45) is 0 Å². The quantitative estimate of drug-likeness (QED) is 0.376. The molecule has 2 heterocycles. The van der Waals surface area contributed by atoms with Crippen LogP contribution in [0.15, 0.2) is 77.3 Å². The van der Waals surface area contributed by atoms with Gasteiger partial charge in [-0.2, -0.15) is 0 Å². The molecule has 0 aliphatic carbocycles. The first kappa shape index (κ1) is 13.0. The number of rotatable bonds is 1. The molecule has 0 amide bonds. The van der Waals surface area contributed by atoms with E-state index in [1.807, 2.05) is 0 Å². The van der Waals surface area contributed by atoms with Crippen molar-refractivity contribution in [1.29, 1.82) is 0 Å². The summed E-state index contributed by atoms with van der Waals surface area (Å²) in [7, 11) is 0. The summed E-state index contributed by atoms with van der Waals surface area (Å²) >= 11 is 3.60. The Kier molecular flexibility index (Phi) is 2.67. The third-order valence-electron chi connectivity index (χ3n) is 4.39. The lowest BCUT2D eigenvalue weighted by molar-refractivity contribution is 1.15. The summed E-state index contributed by atoms with van der Waals surface area (Å²) < 4.78 is 3.40. The average Bonchev–Trinajstić information content (AvgIpc) is 3.10. The molecular formula is C20H13BrN2. The van der Waals surface area contributed by atoms with Crippen molar-refractivity contribution in [2.75, 3.05) is 0 Å². The first-order valence-electron chi connectivity index (χ1n) is 7.59. The third kappa shape index (κ3) is 1.80. The molecule has 5 rings (SSSR count). The van der Waals surface area contributed by atoms with E-state index in [1.54, 1.807) is 0 Å². The number of para-hydroxylation sites is 2. The summed E-state index contributed by atoms with van der Waals surface area (Å²) in [6.45, 7) is 0. The lowest BCUT2D eigenvalue weighted by Gasteiger charge is -2.06. The summed E-state index contributed by atoms with van der Waals surface area (Å²) in [5, 5.41) is 3.80. The van der Waals surface area contributed by atoms with Gasteiger partial charge in [0.1, 0.15) is 5.65 Å². The maximum atomic E-state index is 3.60. The maximum Gasteiger partial charge on any atom is 0.124 e. The van der Waals surface area contributed by atoms with Gasteiger partial charge in [0, 0.05) is 31.8 Å². The van der Waals surface area contributed by atoms with Crippen molar-refractivity contribution in [3.05, 3.63) is 77.3 Å². The highest BCUT2D eigenvalue weighted by atomic mass is 79.9. The van der Waals surface area contributed by atoms with E-state index >= 15 is 0 Å². The minimum atomic E-state index is 1.10. The summed E-state index contributed by atoms with van der Waals surface area (Å²) in [6, 6.07) is 25.5. The van der Waals surface area contributed by atoms with Crippen molar-refractivity contribution in [3.8, 4) is 5.69 Å². The van der Waals surface area contributed by atoms with Gasteiger partial charge in [0.15, 0.2) is 0 Å². The number of aromatic amines is 1. The number of benzene rings is 3. The monoisotopic (exact) mass is 360 g/mol. The first-order valence-corrected chi connectivity index (χ1v) is 8.38. The highest BCUT2D eigenvalue weighted by Gasteiger charge is 2.16. The highest BCUT2D eigenvalue weighted by Crippen LogP contribution is 2.37. The van der Waals surface area contributed by atoms with Crippen molar-refractivity contribution < 1.29 is 0 Å². The minimum absolute atomic E-state index is 1.10. The predicted molar refractivity (Wildman–Crippen MR) is 100 cm³/mol. The van der Waals surface area contributed by atoms with Gasteiger partial charge in [0.05, 0.1) is 5.52 Å². The molecule has 3 heteroatoms. The zero-order valence-electron chi connectivity index (χ0n) is 12.3. The molecular weight excluding hydrogens is 348 g/mol. The van der Waals surface area contributed by atoms with Crippen LogP contribution in [0, 0.1) is 0 Å². The lowest BCUT2D eigenvalue weighted by Crippen LogP contribution is -1.93. The Morgan fingerprint density at radius 2 is 1.57 bits per heavy atom. The molecule has 0 bridgehead atoms. The van der Waals surface area contributed by atoms with E-state index in [2.05, 4.69) is 98.3 Å². The van der Waals surface area contributed by atoms with E-state index in [-0.39, 0.29) is 0 Å². The van der Waals surface area contributed by atoms with Crippen LogP contribution in [0.3, 0.4) is 0 Å². The van der Waals surface area contributed by atoms with Gasteiger partial charge in [0.2, 0.25) is 0 Å². The Bertz CT molecular complexity index is 1170. The Hall–Kier alpha value is -2.52. The van der Waals surface area contributed by atoms with Gasteiger partial charge in [0.25, 0.3) is 0 Å². The van der Waals surface area contributed by atoms with Crippen LogP contribution in [0.5, 0.6) is 0 Å². The summed E-state index contributed by atoms with van der Waals surface area (Å²) in [6.07, 6.45) is 0. The second-order valence-electron chi connectivity index (χ2n) is 5.73. The number of aromatic nitrogens is 2. The third-order valence-corrected chi connectivity index (χ3v) is 4.89. The predicted octanol–water partition coefficient (Wildman–Crippen LogP) is 6.03. The van der Waals surface area contributed by atoms with Crippen LogP contribution in [-0.2, 0) is 0 Å². The Morgan fingerprint density at radius 1 is 0.783 bits per heavy atom. The zero-order chi connectivity index (χ0) is 15.4. The number of H-pyrrole nitrogens is 1. The van der Waals surface area contributed by atoms with Crippen LogP contribution in [0.25, 0.3) is 38.5 Å². The molecule has 0 fully saturated rings. The van der Waals surface area contributed by atoms with Crippen molar-refractivity contribution in [2.45, 2.75) is 0 Å². The minimum Gasteiger partial charge on any atom is -0.340 e. The Balaban J connectivity index is 2.05. The molecule has 0 atom stereocenters. The van der Waals surface area contributed by atoms with E-state index in [4.69, 9.17) is 0 Å². The van der Waals surface area contributed by atoms with Gasteiger partial charge < -0.3 is 4.98 Å². The van der Waals surface area contributed by atoms with E-state index in [0.29, 0.717) is 0 Å². The number of halogens is 1. The largest absolute Gasteiger partial charge is 0.340 e. The van der Waals surface area contributed by atoms with E-state index in [9.17, 15) is 0 Å². The number of nitrogens with one attached hydrogen (secondary N) is 1. The molecule has 5 aromatic rings. The Morgan fingerprint density at radius 3 is 2.43 bits per heavy atom. The first-order chi connectivity index (χ1) is 11.3. The molecule has 1 N–H and O–H groups in total. The SMILES string of the molecule is Brc1ccc2[nH]c3c(c2c1)c1ccccc1n3-c1ccccc1. The van der Waals surface area contributed by atoms with Crippen LogP contribution in [0.2, 0.25) is 0 Å². The van der Waals surface area contributed by atoms with Crippen molar-refractivity contribution in [1.82, 2.24) is 9.55 Å². The molecule has 0 spiro atoms. The second kappa shape index (κ2) is 4.74. The molecule has 0 saturated carbocycles. The molecule has 2 aromatic heterocycles. The topological polar surface area (TPSA) is 20.7 Å².